The molecule has 10 nitrogen and oxygen atoms in total. The van der Waals surface area contributed by atoms with Gasteiger partial charge in [0.05, 0.1) is 24.5 Å². The summed E-state index contributed by atoms with van der Waals surface area (Å²) in [5.74, 6) is -0.473. The Morgan fingerprint density at radius 3 is 2.64 bits per heavy atom. The topological polar surface area (TPSA) is 111 Å². The number of piperazine rings is 1. The number of ether oxygens (including phenoxy) is 2. The molecular formula is C22H23FN6O4. The van der Waals surface area contributed by atoms with Gasteiger partial charge in [0, 0.05) is 31.1 Å². The van der Waals surface area contributed by atoms with Crippen LogP contribution in [0.2, 0.25) is 0 Å². The van der Waals surface area contributed by atoms with Crippen LogP contribution >= 0.6 is 0 Å². The van der Waals surface area contributed by atoms with Crippen LogP contribution in [0.3, 0.4) is 0 Å². The van der Waals surface area contributed by atoms with Crippen LogP contribution in [0.5, 0.6) is 0 Å². The number of rotatable bonds is 6. The highest BCUT2D eigenvalue weighted by molar-refractivity contribution is 5.90. The van der Waals surface area contributed by atoms with Crippen molar-refractivity contribution in [1.82, 2.24) is 4.90 Å². The molecule has 0 N–H and O–H groups in total. The number of carbonyl (C=O) groups is 2. The minimum Gasteiger partial charge on any atom is -0.445 e. The van der Waals surface area contributed by atoms with E-state index in [4.69, 9.17) is 15.0 Å². The number of anilines is 2. The van der Waals surface area contributed by atoms with Crippen LogP contribution in [0.1, 0.15) is 5.56 Å². The molecule has 0 unspecified atom stereocenters. The number of hydrogen-bond acceptors (Lipinski definition) is 6. The highest BCUT2D eigenvalue weighted by Crippen LogP contribution is 2.28. The zero-order valence-electron chi connectivity index (χ0n) is 17.8. The summed E-state index contributed by atoms with van der Waals surface area (Å²) < 4.78 is 25.4. The molecule has 11 heteroatoms. The zero-order chi connectivity index (χ0) is 23.2. The van der Waals surface area contributed by atoms with Gasteiger partial charge in [-0.15, -0.1) is 0 Å². The van der Waals surface area contributed by atoms with Crippen molar-refractivity contribution < 1.29 is 23.5 Å². The molecule has 0 spiro atoms. The minimum atomic E-state index is -0.608. The van der Waals surface area contributed by atoms with E-state index in [2.05, 4.69) is 10.0 Å². The first-order valence-electron chi connectivity index (χ1n) is 10.5. The van der Waals surface area contributed by atoms with E-state index in [0.29, 0.717) is 37.6 Å². The van der Waals surface area contributed by atoms with E-state index in [1.807, 2.05) is 35.2 Å². The third-order valence-corrected chi connectivity index (χ3v) is 5.55. The first-order valence-corrected chi connectivity index (χ1v) is 10.5. The number of cyclic esters (lactones) is 1. The third kappa shape index (κ3) is 5.27. The van der Waals surface area contributed by atoms with Gasteiger partial charge in [-0.05, 0) is 29.3 Å². The van der Waals surface area contributed by atoms with Gasteiger partial charge in [-0.25, -0.2) is 14.0 Å². The molecule has 4 rings (SSSR count). The molecule has 33 heavy (non-hydrogen) atoms. The van der Waals surface area contributed by atoms with Crippen LogP contribution in [0, 0.1) is 5.82 Å². The van der Waals surface area contributed by atoms with Crippen molar-refractivity contribution in [3.8, 4) is 0 Å². The molecule has 2 heterocycles. The van der Waals surface area contributed by atoms with Gasteiger partial charge in [-0.3, -0.25) is 4.90 Å². The summed E-state index contributed by atoms with van der Waals surface area (Å²) in [6, 6.07) is 14.0. The first kappa shape index (κ1) is 22.2. The van der Waals surface area contributed by atoms with Crippen molar-refractivity contribution in [3.05, 3.63) is 70.4 Å². The molecular weight excluding hydrogens is 431 g/mol. The number of hydrogen-bond donors (Lipinski definition) is 0. The van der Waals surface area contributed by atoms with Crippen LogP contribution in [-0.4, -0.2) is 62.5 Å². The second kappa shape index (κ2) is 10.1. The van der Waals surface area contributed by atoms with Crippen molar-refractivity contribution in [2.75, 3.05) is 49.1 Å². The van der Waals surface area contributed by atoms with E-state index in [-0.39, 0.29) is 19.7 Å². The normalized spacial score (nSPS) is 18.0. The Labute approximate surface area is 189 Å². The Hall–Kier alpha value is -3.98. The summed E-state index contributed by atoms with van der Waals surface area (Å²) in [6.07, 6.45) is -1.56. The molecule has 172 valence electrons. The molecule has 2 amide bonds. The maximum atomic E-state index is 14.9. The lowest BCUT2D eigenvalue weighted by Crippen LogP contribution is -2.49. The van der Waals surface area contributed by atoms with E-state index < -0.39 is 24.1 Å². The SMILES string of the molecule is [N-]=[N+]=NC[C@H]1CN(c2ccc(N3CCN(C(=O)OCc4ccccc4)CC3)c(F)c2)C(=O)O1. The second-order valence-corrected chi connectivity index (χ2v) is 7.68. The summed E-state index contributed by atoms with van der Waals surface area (Å²) in [6.45, 7) is 2.15. The Bertz CT molecular complexity index is 1050. The van der Waals surface area contributed by atoms with Crippen LogP contribution < -0.4 is 9.80 Å². The summed E-state index contributed by atoms with van der Waals surface area (Å²) in [4.78, 5) is 31.8. The zero-order valence-corrected chi connectivity index (χ0v) is 17.8. The molecule has 0 radical (unpaired) electrons. The molecule has 2 aliphatic heterocycles. The molecule has 0 aromatic heterocycles. The van der Waals surface area contributed by atoms with Gasteiger partial charge in [0.25, 0.3) is 0 Å². The highest BCUT2D eigenvalue weighted by Gasteiger charge is 2.32. The monoisotopic (exact) mass is 454 g/mol. The Morgan fingerprint density at radius 2 is 1.94 bits per heavy atom. The maximum Gasteiger partial charge on any atom is 0.414 e. The first-order chi connectivity index (χ1) is 16.0. The van der Waals surface area contributed by atoms with Crippen LogP contribution in [-0.2, 0) is 16.1 Å². The number of amides is 2. The number of halogens is 1. The molecule has 2 aliphatic rings. The summed E-state index contributed by atoms with van der Waals surface area (Å²) in [5, 5.41) is 3.41. The summed E-state index contributed by atoms with van der Waals surface area (Å²) in [5.41, 5.74) is 10.1. The largest absolute Gasteiger partial charge is 0.445 e. The number of nitrogens with zero attached hydrogens (tertiary/aromatic N) is 6. The van der Waals surface area contributed by atoms with Gasteiger partial charge in [0.15, 0.2) is 0 Å². The number of benzene rings is 2. The predicted octanol–water partition coefficient (Wildman–Crippen LogP) is 3.92. The molecule has 0 saturated carbocycles. The number of azide groups is 1. The summed E-state index contributed by atoms with van der Waals surface area (Å²) >= 11 is 0. The maximum absolute atomic E-state index is 14.9. The van der Waals surface area contributed by atoms with Crippen molar-refractivity contribution in [2.24, 2.45) is 5.11 Å². The van der Waals surface area contributed by atoms with Crippen molar-refractivity contribution in [2.45, 2.75) is 12.7 Å². The fraction of sp³-hybridized carbons (Fsp3) is 0.364. The van der Waals surface area contributed by atoms with Gasteiger partial charge >= 0.3 is 12.2 Å². The van der Waals surface area contributed by atoms with Gasteiger partial charge in [-0.1, -0.05) is 35.4 Å². The lowest BCUT2D eigenvalue weighted by Gasteiger charge is -2.35. The predicted molar refractivity (Wildman–Crippen MR) is 118 cm³/mol. The van der Waals surface area contributed by atoms with Crippen molar-refractivity contribution >= 4 is 23.6 Å². The average Bonchev–Trinajstić information content (AvgIpc) is 3.22. The molecule has 2 saturated heterocycles. The minimum absolute atomic E-state index is 0.0252. The second-order valence-electron chi connectivity index (χ2n) is 7.68. The third-order valence-electron chi connectivity index (χ3n) is 5.55. The van der Waals surface area contributed by atoms with E-state index in [1.54, 1.807) is 17.0 Å². The van der Waals surface area contributed by atoms with Crippen molar-refractivity contribution in [1.29, 1.82) is 0 Å². The lowest BCUT2D eigenvalue weighted by molar-refractivity contribution is 0.0941. The van der Waals surface area contributed by atoms with Gasteiger partial charge < -0.3 is 19.3 Å². The fourth-order valence-electron chi connectivity index (χ4n) is 3.82. The average molecular weight is 454 g/mol. The van der Waals surface area contributed by atoms with Crippen LogP contribution in [0.15, 0.2) is 53.6 Å². The van der Waals surface area contributed by atoms with Crippen LogP contribution in [0.25, 0.3) is 10.4 Å². The quantitative estimate of drug-likeness (QED) is 0.373. The Kier molecular flexibility index (Phi) is 6.80. The molecule has 0 bridgehead atoms. The smallest absolute Gasteiger partial charge is 0.414 e. The van der Waals surface area contributed by atoms with E-state index in [0.717, 1.165) is 5.56 Å². The number of carbonyl (C=O) groups excluding carboxylic acids is 2. The standard InChI is InChI=1S/C22H23FN6O4/c23-19-12-17(29-14-18(13-25-26-24)33-22(29)31)6-7-20(19)27-8-10-28(11-9-27)21(30)32-15-16-4-2-1-3-5-16/h1-7,12,18H,8-11,13-15H2/t18-/m0/s1. The van der Waals surface area contributed by atoms with Gasteiger partial charge in [0.1, 0.15) is 18.5 Å². The van der Waals surface area contributed by atoms with E-state index in [1.165, 1.54) is 11.0 Å². The Balaban J connectivity index is 1.32. The van der Waals surface area contributed by atoms with E-state index in [9.17, 15) is 14.0 Å². The summed E-state index contributed by atoms with van der Waals surface area (Å²) in [7, 11) is 0. The molecule has 0 aliphatic carbocycles. The molecule has 2 aromatic carbocycles. The van der Waals surface area contributed by atoms with E-state index >= 15 is 0 Å². The molecule has 2 fully saturated rings. The fourth-order valence-corrected chi connectivity index (χ4v) is 3.82. The Morgan fingerprint density at radius 1 is 1.18 bits per heavy atom. The van der Waals surface area contributed by atoms with Gasteiger partial charge in [0.2, 0.25) is 0 Å². The van der Waals surface area contributed by atoms with Gasteiger partial charge in [-0.2, -0.15) is 0 Å². The highest BCUT2D eigenvalue weighted by atomic mass is 19.1. The van der Waals surface area contributed by atoms with Crippen molar-refractivity contribution in [3.63, 3.8) is 0 Å². The lowest BCUT2D eigenvalue weighted by atomic mass is 10.2. The van der Waals surface area contributed by atoms with Crippen LogP contribution in [0.4, 0.5) is 25.4 Å². The molecule has 1 atom stereocenters. The molecule has 2 aromatic rings.